The van der Waals surface area contributed by atoms with Crippen LogP contribution >= 0.6 is 11.6 Å². The Hall–Kier alpha value is -2.77. The van der Waals surface area contributed by atoms with Gasteiger partial charge in [0.1, 0.15) is 17.6 Å². The predicted octanol–water partition coefficient (Wildman–Crippen LogP) is 4.82. The van der Waals surface area contributed by atoms with Gasteiger partial charge in [0.25, 0.3) is 0 Å². The quantitative estimate of drug-likeness (QED) is 0.750. The molecule has 2 aromatic carbocycles. The van der Waals surface area contributed by atoms with E-state index in [1.54, 1.807) is 25.3 Å². The molecule has 0 amide bonds. The van der Waals surface area contributed by atoms with Gasteiger partial charge in [-0.3, -0.25) is 0 Å². The van der Waals surface area contributed by atoms with Crippen LogP contribution in [0, 0.1) is 18.3 Å². The minimum absolute atomic E-state index is 0.461. The topological polar surface area (TPSA) is 57.9 Å². The van der Waals surface area contributed by atoms with Gasteiger partial charge in [0.15, 0.2) is 0 Å². The molecule has 0 aliphatic rings. The van der Waals surface area contributed by atoms with E-state index in [0.717, 1.165) is 16.5 Å². The summed E-state index contributed by atoms with van der Waals surface area (Å²) in [5.74, 6) is 1.11. The smallest absolute Gasteiger partial charge is 0.149 e. The van der Waals surface area contributed by atoms with Gasteiger partial charge < -0.3 is 10.1 Å². The van der Waals surface area contributed by atoms with E-state index in [1.165, 1.54) is 0 Å². The second-order valence-electron chi connectivity index (χ2n) is 5.16. The van der Waals surface area contributed by atoms with Gasteiger partial charge in [-0.25, -0.2) is 4.98 Å². The van der Waals surface area contributed by atoms with Gasteiger partial charge in [-0.1, -0.05) is 23.7 Å². The summed E-state index contributed by atoms with van der Waals surface area (Å²) in [6.45, 7) is 2.01. The van der Waals surface area contributed by atoms with Crippen LogP contribution in [-0.4, -0.2) is 12.1 Å². The van der Waals surface area contributed by atoms with E-state index in [-0.39, 0.29) is 0 Å². The van der Waals surface area contributed by atoms with Gasteiger partial charge in [0, 0.05) is 10.4 Å². The third kappa shape index (κ3) is 3.05. The molecule has 0 aliphatic carbocycles. The van der Waals surface area contributed by atoms with Crippen LogP contribution in [0.25, 0.3) is 10.9 Å². The van der Waals surface area contributed by atoms with E-state index >= 15 is 0 Å². The molecule has 0 saturated carbocycles. The van der Waals surface area contributed by atoms with Gasteiger partial charge in [-0.2, -0.15) is 5.26 Å². The first-order valence-corrected chi connectivity index (χ1v) is 7.40. The zero-order valence-corrected chi connectivity index (χ0v) is 13.5. The number of nitriles is 1. The number of benzene rings is 2. The highest BCUT2D eigenvalue weighted by molar-refractivity contribution is 6.31. The van der Waals surface area contributed by atoms with Crippen molar-refractivity contribution in [3.8, 4) is 11.8 Å². The van der Waals surface area contributed by atoms with Crippen LogP contribution < -0.4 is 10.1 Å². The van der Waals surface area contributed by atoms with E-state index in [0.29, 0.717) is 27.8 Å². The number of nitrogens with zero attached hydrogens (tertiary/aromatic N) is 2. The summed E-state index contributed by atoms with van der Waals surface area (Å²) in [5, 5.41) is 14.1. The Bertz CT molecular complexity index is 931. The predicted molar refractivity (Wildman–Crippen MR) is 92.5 cm³/mol. The number of hydrogen-bond acceptors (Lipinski definition) is 4. The zero-order valence-electron chi connectivity index (χ0n) is 12.7. The highest BCUT2D eigenvalue weighted by atomic mass is 35.5. The first-order chi connectivity index (χ1) is 11.1. The van der Waals surface area contributed by atoms with Crippen molar-refractivity contribution in [2.24, 2.45) is 0 Å². The van der Waals surface area contributed by atoms with Crippen LogP contribution in [0.5, 0.6) is 5.75 Å². The number of pyridine rings is 1. The maximum atomic E-state index is 9.40. The van der Waals surface area contributed by atoms with E-state index < -0.39 is 0 Å². The minimum Gasteiger partial charge on any atom is -0.495 e. The summed E-state index contributed by atoms with van der Waals surface area (Å²) in [4.78, 5) is 4.57. The fourth-order valence-corrected chi connectivity index (χ4v) is 2.54. The Morgan fingerprint density at radius 1 is 1.17 bits per heavy atom. The standard InChI is InChI=1S/C18H14ClN3O/c1-11-3-4-12-8-13(10-20)18(21-15(12)7-11)22-16-9-14(19)5-6-17(16)23-2/h3-9H,1-2H3,(H,21,22). The van der Waals surface area contributed by atoms with Gasteiger partial charge >= 0.3 is 0 Å². The monoisotopic (exact) mass is 323 g/mol. The molecule has 3 aromatic rings. The van der Waals surface area contributed by atoms with Crippen molar-refractivity contribution in [2.75, 3.05) is 12.4 Å². The molecule has 1 N–H and O–H groups in total. The van der Waals surface area contributed by atoms with Gasteiger partial charge in [0.05, 0.1) is 23.9 Å². The lowest BCUT2D eigenvalue weighted by molar-refractivity contribution is 0.417. The van der Waals surface area contributed by atoms with Gasteiger partial charge in [-0.05, 0) is 42.8 Å². The number of hydrogen-bond donors (Lipinski definition) is 1. The van der Waals surface area contributed by atoms with Crippen LogP contribution in [0.15, 0.2) is 42.5 Å². The van der Waals surface area contributed by atoms with Crippen molar-refractivity contribution in [2.45, 2.75) is 6.92 Å². The number of halogens is 1. The highest BCUT2D eigenvalue weighted by Gasteiger charge is 2.10. The van der Waals surface area contributed by atoms with E-state index in [1.807, 2.05) is 31.2 Å². The van der Waals surface area contributed by atoms with E-state index in [2.05, 4.69) is 16.4 Å². The van der Waals surface area contributed by atoms with Gasteiger partial charge in [-0.15, -0.1) is 0 Å². The van der Waals surface area contributed by atoms with E-state index in [9.17, 15) is 5.26 Å². The number of methoxy groups -OCH3 is 1. The second-order valence-corrected chi connectivity index (χ2v) is 5.60. The molecule has 0 atom stereocenters. The Labute approximate surface area is 139 Å². The molecule has 1 heterocycles. The molecule has 4 nitrogen and oxygen atoms in total. The molecule has 3 rings (SSSR count). The lowest BCUT2D eigenvalue weighted by Gasteiger charge is -2.13. The molecule has 5 heteroatoms. The molecule has 23 heavy (non-hydrogen) atoms. The van der Waals surface area contributed by atoms with Crippen LogP contribution in [0.1, 0.15) is 11.1 Å². The molecule has 114 valence electrons. The lowest BCUT2D eigenvalue weighted by atomic mass is 10.1. The van der Waals surface area contributed by atoms with Gasteiger partial charge in [0.2, 0.25) is 0 Å². The Balaban J connectivity index is 2.12. The zero-order chi connectivity index (χ0) is 16.4. The average molecular weight is 324 g/mol. The first-order valence-electron chi connectivity index (χ1n) is 7.03. The third-order valence-electron chi connectivity index (χ3n) is 3.51. The van der Waals surface area contributed by atoms with Crippen LogP contribution in [0.2, 0.25) is 5.02 Å². The molecular formula is C18H14ClN3O. The Kier molecular flexibility index (Phi) is 4.05. The number of nitrogens with one attached hydrogen (secondary N) is 1. The van der Waals surface area contributed by atoms with E-state index in [4.69, 9.17) is 16.3 Å². The molecule has 0 saturated heterocycles. The number of aromatic nitrogens is 1. The summed E-state index contributed by atoms with van der Waals surface area (Å²) in [6, 6.07) is 15.2. The molecule has 0 unspecified atom stereocenters. The number of fused-ring (bicyclic) bond motifs is 1. The van der Waals surface area contributed by atoms with Crippen LogP contribution in [0.4, 0.5) is 11.5 Å². The summed E-state index contributed by atoms with van der Waals surface area (Å²) in [5.41, 5.74) is 3.06. The maximum Gasteiger partial charge on any atom is 0.149 e. The summed E-state index contributed by atoms with van der Waals surface area (Å²) in [6.07, 6.45) is 0. The third-order valence-corrected chi connectivity index (χ3v) is 3.74. The van der Waals surface area contributed by atoms with Crippen LogP contribution in [0.3, 0.4) is 0 Å². The van der Waals surface area contributed by atoms with Crippen LogP contribution in [-0.2, 0) is 0 Å². The van der Waals surface area contributed by atoms with Crippen molar-refractivity contribution in [3.05, 3.63) is 58.6 Å². The summed E-state index contributed by atoms with van der Waals surface area (Å²) in [7, 11) is 1.58. The molecular weight excluding hydrogens is 310 g/mol. The molecule has 1 aromatic heterocycles. The van der Waals surface area contributed by atoms with Crippen molar-refractivity contribution >= 4 is 34.0 Å². The second kappa shape index (κ2) is 6.15. The van der Waals surface area contributed by atoms with Crippen molar-refractivity contribution in [1.29, 1.82) is 5.26 Å². The maximum absolute atomic E-state index is 9.40. The largest absolute Gasteiger partial charge is 0.495 e. The Morgan fingerprint density at radius 3 is 2.74 bits per heavy atom. The SMILES string of the molecule is COc1ccc(Cl)cc1Nc1nc2cc(C)ccc2cc1C#N. The first kappa shape index (κ1) is 15.1. The number of aryl methyl sites for hydroxylation is 1. The van der Waals surface area contributed by atoms with Crippen molar-refractivity contribution in [1.82, 2.24) is 4.98 Å². The number of rotatable bonds is 3. The fraction of sp³-hybridized carbons (Fsp3) is 0.111. The molecule has 0 radical (unpaired) electrons. The normalized spacial score (nSPS) is 10.3. The summed E-state index contributed by atoms with van der Waals surface area (Å²) < 4.78 is 5.32. The molecule has 0 aliphatic heterocycles. The molecule has 0 fully saturated rings. The molecule has 0 bridgehead atoms. The van der Waals surface area contributed by atoms with Crippen molar-refractivity contribution in [3.63, 3.8) is 0 Å². The highest BCUT2D eigenvalue weighted by Crippen LogP contribution is 2.31. The average Bonchev–Trinajstić information content (AvgIpc) is 2.54. The van der Waals surface area contributed by atoms with Crippen molar-refractivity contribution < 1.29 is 4.74 Å². The summed E-state index contributed by atoms with van der Waals surface area (Å²) >= 11 is 6.05. The fourth-order valence-electron chi connectivity index (χ4n) is 2.36. The minimum atomic E-state index is 0.461. The number of anilines is 2. The number of ether oxygens (including phenoxy) is 1. The lowest BCUT2D eigenvalue weighted by Crippen LogP contribution is -2.00. The Morgan fingerprint density at radius 2 is 2.00 bits per heavy atom. The molecule has 0 spiro atoms.